The zero-order valence-corrected chi connectivity index (χ0v) is 21.8. The molecule has 0 radical (unpaired) electrons. The van der Waals surface area contributed by atoms with Crippen LogP contribution in [0.25, 0.3) is 0 Å². The Kier molecular flexibility index (Phi) is 8.38. The molecule has 1 aliphatic rings. The van der Waals surface area contributed by atoms with Crippen LogP contribution in [0.1, 0.15) is 56.1 Å². The van der Waals surface area contributed by atoms with Gasteiger partial charge in [-0.05, 0) is 76.4 Å². The van der Waals surface area contributed by atoms with Crippen molar-refractivity contribution in [3.63, 3.8) is 0 Å². The molecule has 0 unspecified atom stereocenters. The van der Waals surface area contributed by atoms with Gasteiger partial charge in [-0.3, -0.25) is 14.7 Å². The van der Waals surface area contributed by atoms with E-state index in [-0.39, 0.29) is 5.91 Å². The molecule has 0 spiro atoms. The van der Waals surface area contributed by atoms with Crippen LogP contribution >= 0.6 is 0 Å². The van der Waals surface area contributed by atoms with Crippen LogP contribution < -0.4 is 15.1 Å². The minimum absolute atomic E-state index is 0.203. The number of para-hydroxylation sites is 1. The van der Waals surface area contributed by atoms with E-state index in [2.05, 4.69) is 20.2 Å². The normalized spacial score (nSPS) is 13.6. The lowest BCUT2D eigenvalue weighted by molar-refractivity contribution is 0.0580. The summed E-state index contributed by atoms with van der Waals surface area (Å²) in [6.07, 6.45) is 6.90. The number of nitrogens with one attached hydrogen (secondary N) is 1. The molecule has 0 aliphatic carbocycles. The van der Waals surface area contributed by atoms with Crippen LogP contribution in [0.4, 0.5) is 22.0 Å². The summed E-state index contributed by atoms with van der Waals surface area (Å²) in [6, 6.07) is 16.6. The summed E-state index contributed by atoms with van der Waals surface area (Å²) in [4.78, 5) is 38.9. The van der Waals surface area contributed by atoms with Gasteiger partial charge in [-0.15, -0.1) is 0 Å². The average Bonchev–Trinajstić information content (AvgIpc) is 2.89. The average molecular weight is 502 g/mol. The van der Waals surface area contributed by atoms with E-state index in [4.69, 9.17) is 4.74 Å². The number of rotatable bonds is 7. The van der Waals surface area contributed by atoms with Gasteiger partial charge in [0.25, 0.3) is 5.91 Å². The number of nitrogens with zero attached hydrogens (tertiary/aromatic N) is 4. The van der Waals surface area contributed by atoms with Crippen LogP contribution in [-0.2, 0) is 11.2 Å². The molecular formula is C29H35N5O3. The third-order valence-electron chi connectivity index (χ3n) is 6.03. The number of carbonyl (C=O) groups is 2. The van der Waals surface area contributed by atoms with E-state index in [9.17, 15) is 9.59 Å². The lowest BCUT2D eigenvalue weighted by Crippen LogP contribution is -2.38. The molecule has 1 aromatic carbocycles. The fourth-order valence-electron chi connectivity index (χ4n) is 4.30. The third kappa shape index (κ3) is 7.29. The largest absolute Gasteiger partial charge is 0.443 e. The lowest BCUT2D eigenvalue weighted by Gasteiger charge is -2.29. The molecule has 1 aliphatic heterocycles. The molecule has 8 heteroatoms. The highest BCUT2D eigenvalue weighted by Gasteiger charge is 2.24. The Morgan fingerprint density at radius 3 is 2.46 bits per heavy atom. The van der Waals surface area contributed by atoms with E-state index in [0.29, 0.717) is 24.2 Å². The van der Waals surface area contributed by atoms with Gasteiger partial charge in [0.15, 0.2) is 0 Å². The van der Waals surface area contributed by atoms with Crippen LogP contribution in [0.3, 0.4) is 0 Å². The van der Waals surface area contributed by atoms with E-state index < -0.39 is 11.7 Å². The molecule has 194 valence electrons. The van der Waals surface area contributed by atoms with Gasteiger partial charge < -0.3 is 15.0 Å². The quantitative estimate of drug-likeness (QED) is 0.447. The molecule has 0 saturated carbocycles. The summed E-state index contributed by atoms with van der Waals surface area (Å²) in [5.41, 5.74) is 2.11. The highest BCUT2D eigenvalue weighted by atomic mass is 16.6. The van der Waals surface area contributed by atoms with Crippen LogP contribution in [-0.4, -0.2) is 47.2 Å². The number of ether oxygens (including phenoxy) is 1. The maximum Gasteiger partial charge on any atom is 0.414 e. The summed E-state index contributed by atoms with van der Waals surface area (Å²) < 4.78 is 5.63. The van der Waals surface area contributed by atoms with Gasteiger partial charge in [0, 0.05) is 55.5 Å². The predicted molar refractivity (Wildman–Crippen MR) is 146 cm³/mol. The molecule has 1 fully saturated rings. The van der Waals surface area contributed by atoms with E-state index in [1.54, 1.807) is 29.4 Å². The van der Waals surface area contributed by atoms with Gasteiger partial charge >= 0.3 is 6.09 Å². The second kappa shape index (κ2) is 11.9. The Hall–Kier alpha value is -3.94. The van der Waals surface area contributed by atoms with Gasteiger partial charge in [0.1, 0.15) is 11.4 Å². The summed E-state index contributed by atoms with van der Waals surface area (Å²) in [7, 11) is 0. The zero-order valence-electron chi connectivity index (χ0n) is 21.8. The SMILES string of the molecule is CC(C)(C)OC(=O)N(CCc1cc(NC(=O)c2cccnc2N2CCCCC2)ccn1)c1ccccc1. The number of piperidine rings is 1. The maximum absolute atomic E-state index is 13.2. The molecule has 4 rings (SSSR count). The number of aromatic nitrogens is 2. The monoisotopic (exact) mass is 501 g/mol. The molecule has 37 heavy (non-hydrogen) atoms. The van der Waals surface area contributed by atoms with Gasteiger partial charge in [-0.2, -0.15) is 0 Å². The van der Waals surface area contributed by atoms with Crippen LogP contribution in [0, 0.1) is 0 Å². The van der Waals surface area contributed by atoms with Gasteiger partial charge in [-0.1, -0.05) is 18.2 Å². The van der Waals surface area contributed by atoms with E-state index in [1.807, 2.05) is 63.2 Å². The van der Waals surface area contributed by atoms with Crippen molar-refractivity contribution >= 4 is 29.2 Å². The van der Waals surface area contributed by atoms with Crippen molar-refractivity contribution in [1.29, 1.82) is 0 Å². The summed E-state index contributed by atoms with van der Waals surface area (Å²) >= 11 is 0. The highest BCUT2D eigenvalue weighted by molar-refractivity contribution is 6.07. The van der Waals surface area contributed by atoms with Gasteiger partial charge in [-0.25, -0.2) is 9.78 Å². The number of hydrogen-bond acceptors (Lipinski definition) is 6. The second-order valence-electron chi connectivity index (χ2n) is 10.1. The molecule has 1 N–H and O–H groups in total. The Labute approximate surface area is 218 Å². The van der Waals surface area contributed by atoms with Crippen LogP contribution in [0.5, 0.6) is 0 Å². The number of carbonyl (C=O) groups excluding carboxylic acids is 2. The fourth-order valence-corrected chi connectivity index (χ4v) is 4.30. The first kappa shape index (κ1) is 26.1. The van der Waals surface area contributed by atoms with Crippen LogP contribution in [0.15, 0.2) is 67.0 Å². The minimum Gasteiger partial charge on any atom is -0.443 e. The topological polar surface area (TPSA) is 87.7 Å². The fraction of sp³-hybridized carbons (Fsp3) is 0.379. The molecule has 2 aromatic heterocycles. The molecule has 0 bridgehead atoms. The number of benzene rings is 1. The summed E-state index contributed by atoms with van der Waals surface area (Å²) in [6.45, 7) is 7.74. The number of pyridine rings is 2. The smallest absolute Gasteiger partial charge is 0.414 e. The number of hydrogen-bond donors (Lipinski definition) is 1. The first-order valence-corrected chi connectivity index (χ1v) is 12.8. The first-order chi connectivity index (χ1) is 17.8. The van der Waals surface area contributed by atoms with E-state index in [1.165, 1.54) is 6.42 Å². The third-order valence-corrected chi connectivity index (χ3v) is 6.03. The summed E-state index contributed by atoms with van der Waals surface area (Å²) in [5.74, 6) is 0.523. The molecule has 0 atom stereocenters. The van der Waals surface area contributed by atoms with Crippen molar-refractivity contribution in [1.82, 2.24) is 9.97 Å². The highest BCUT2D eigenvalue weighted by Crippen LogP contribution is 2.23. The zero-order chi connectivity index (χ0) is 26.3. The van der Waals surface area contributed by atoms with Crippen molar-refractivity contribution in [2.24, 2.45) is 0 Å². The van der Waals surface area contributed by atoms with E-state index in [0.717, 1.165) is 43.1 Å². The Morgan fingerprint density at radius 2 is 1.73 bits per heavy atom. The standard InChI is InChI=1S/C29H35N5O3/c1-29(2,3)37-28(36)34(24-11-6-4-7-12-24)20-15-22-21-23(14-17-30-22)32-27(35)25-13-10-16-31-26(25)33-18-8-5-9-19-33/h4,6-7,10-14,16-17,21H,5,8-9,15,18-20H2,1-3H3,(H,30,32,35). The molecule has 2 amide bonds. The Bertz CT molecular complexity index is 1200. The molecular weight excluding hydrogens is 466 g/mol. The van der Waals surface area contributed by atoms with Gasteiger partial charge in [0.05, 0.1) is 5.56 Å². The van der Waals surface area contributed by atoms with Crippen molar-refractivity contribution in [3.05, 3.63) is 78.2 Å². The molecule has 8 nitrogen and oxygen atoms in total. The minimum atomic E-state index is -0.605. The predicted octanol–water partition coefficient (Wildman–Crippen LogP) is 5.70. The Balaban J connectivity index is 1.46. The Morgan fingerprint density at radius 1 is 0.973 bits per heavy atom. The van der Waals surface area contributed by atoms with Crippen LogP contribution in [0.2, 0.25) is 0 Å². The van der Waals surface area contributed by atoms with Gasteiger partial charge in [0.2, 0.25) is 0 Å². The van der Waals surface area contributed by atoms with Crippen molar-refractivity contribution in [3.8, 4) is 0 Å². The molecule has 3 heterocycles. The van der Waals surface area contributed by atoms with Crippen molar-refractivity contribution in [2.75, 3.05) is 34.8 Å². The number of anilines is 3. The van der Waals surface area contributed by atoms with E-state index >= 15 is 0 Å². The molecule has 1 saturated heterocycles. The first-order valence-electron chi connectivity index (χ1n) is 12.8. The lowest BCUT2D eigenvalue weighted by atomic mass is 10.1. The van der Waals surface area contributed by atoms with Crippen molar-refractivity contribution in [2.45, 2.75) is 52.1 Å². The van der Waals surface area contributed by atoms with Crippen molar-refractivity contribution < 1.29 is 14.3 Å². The summed E-state index contributed by atoms with van der Waals surface area (Å²) in [5, 5.41) is 3.00. The maximum atomic E-state index is 13.2. The number of amides is 2. The second-order valence-corrected chi connectivity index (χ2v) is 10.1. The molecule has 3 aromatic rings.